The van der Waals surface area contributed by atoms with Gasteiger partial charge in [0.25, 0.3) is 23.6 Å². The molecule has 10 aliphatic rings. The molecule has 40 nitrogen and oxygen atoms in total. The number of carbonyl (C=O) groups is 4. The van der Waals surface area contributed by atoms with Crippen molar-refractivity contribution in [2.24, 2.45) is 35.5 Å². The van der Waals surface area contributed by atoms with Gasteiger partial charge in [0, 0.05) is 242 Å². The minimum Gasteiger partial charge on any atom is -0.383 e. The van der Waals surface area contributed by atoms with Gasteiger partial charge in [0.05, 0.1) is 142 Å². The molecule has 0 aromatic carbocycles. The Bertz CT molecular complexity index is 6860. The van der Waals surface area contributed by atoms with Crippen LogP contribution in [0.2, 0.25) is 0 Å². The van der Waals surface area contributed by atoms with Gasteiger partial charge in [0.15, 0.2) is 22.6 Å². The van der Waals surface area contributed by atoms with E-state index < -0.39 is 0 Å². The molecule has 138 heavy (non-hydrogen) atoms. The van der Waals surface area contributed by atoms with Crippen LogP contribution in [0.4, 0.5) is 23.3 Å². The van der Waals surface area contributed by atoms with Gasteiger partial charge in [-0.3, -0.25) is 19.2 Å². The number of anilines is 4. The number of rotatable bonds is 26. The van der Waals surface area contributed by atoms with Gasteiger partial charge in [0.2, 0.25) is 0 Å². The molecule has 5 unspecified atom stereocenters. The van der Waals surface area contributed by atoms with Crippen LogP contribution in [0.3, 0.4) is 0 Å². The van der Waals surface area contributed by atoms with E-state index in [1.165, 1.54) is 0 Å². The number of hydrogen-bond acceptors (Lipinski definition) is 28. The Labute approximate surface area is 790 Å². The van der Waals surface area contributed by atoms with Crippen molar-refractivity contribution in [2.75, 3.05) is 131 Å². The van der Waals surface area contributed by atoms with E-state index in [9.17, 15) is 19.2 Å². The van der Waals surface area contributed by atoms with Gasteiger partial charge in [-0.15, -0.1) is 0 Å². The molecule has 3 saturated heterocycles. The molecule has 712 valence electrons. The van der Waals surface area contributed by atoms with Gasteiger partial charge in [-0.05, 0) is 99.9 Å². The fourth-order valence-electron chi connectivity index (χ4n) is 21.5. The quantitative estimate of drug-likeness (QED) is 0.0250. The first-order chi connectivity index (χ1) is 67.7. The van der Waals surface area contributed by atoms with Gasteiger partial charge in [-0.25, -0.2) is 39.9 Å². The molecule has 26 rings (SSSR count). The first-order valence-electron chi connectivity index (χ1n) is 47.3. The number of nitrogens with one attached hydrogen (secondary N) is 8. The second-order valence-corrected chi connectivity index (χ2v) is 37.2. The number of hydrogen-bond donors (Lipinski definition) is 8. The second kappa shape index (κ2) is 36.2. The van der Waals surface area contributed by atoms with E-state index in [0.29, 0.717) is 112 Å². The van der Waals surface area contributed by atoms with Crippen molar-refractivity contribution in [2.45, 2.75) is 125 Å². The number of amides is 4. The molecule has 0 radical (unpaired) electrons. The summed E-state index contributed by atoms with van der Waals surface area (Å²) in [5, 5.41) is 47.0. The van der Waals surface area contributed by atoms with E-state index in [2.05, 4.69) is 123 Å². The topological polar surface area (TPSA) is 430 Å². The second-order valence-electron chi connectivity index (χ2n) is 37.2. The number of nitrogens with zero attached hydrogens (tertiary/aromatic N) is 20. The Morgan fingerprint density at radius 3 is 0.855 bits per heavy atom. The van der Waals surface area contributed by atoms with E-state index in [-0.39, 0.29) is 72.2 Å². The fourth-order valence-corrected chi connectivity index (χ4v) is 21.5. The van der Waals surface area contributed by atoms with Crippen molar-refractivity contribution < 1.29 is 57.1 Å². The Morgan fingerprint density at radius 1 is 0.348 bits per heavy atom. The highest BCUT2D eigenvalue weighted by Gasteiger charge is 2.58. The monoisotopic (exact) mass is 1870 g/mol. The van der Waals surface area contributed by atoms with Crippen LogP contribution >= 0.6 is 0 Å². The number of fused-ring (bicyclic) bond motifs is 11. The molecular weight excluding hydrogens is 1760 g/mol. The highest BCUT2D eigenvalue weighted by atomic mass is 16.5. The number of pyridine rings is 4. The van der Waals surface area contributed by atoms with Gasteiger partial charge in [-0.2, -0.15) is 38.5 Å². The van der Waals surface area contributed by atoms with Crippen LogP contribution in [0.15, 0.2) is 147 Å². The van der Waals surface area contributed by atoms with Crippen LogP contribution in [0, 0.1) is 35.5 Å². The lowest BCUT2D eigenvalue weighted by molar-refractivity contribution is 0.00731. The maximum atomic E-state index is 13.2. The first-order valence-corrected chi connectivity index (χ1v) is 47.3. The highest BCUT2D eigenvalue weighted by molar-refractivity contribution is 6.05. The van der Waals surface area contributed by atoms with Crippen molar-refractivity contribution in [3.05, 3.63) is 169 Å². The molecule has 3 aliphatic heterocycles. The lowest BCUT2D eigenvalue weighted by Gasteiger charge is -2.35. The molecule has 7 saturated carbocycles. The van der Waals surface area contributed by atoms with E-state index >= 15 is 0 Å². The van der Waals surface area contributed by atoms with Gasteiger partial charge in [0.1, 0.15) is 68.1 Å². The summed E-state index contributed by atoms with van der Waals surface area (Å²) < 4.78 is 59.4. The molecule has 16 aromatic rings. The standard InChI is InChI=1S/3C25H27N7O3.C23H27N7O3/c3*1-26-21-8-19(29-24-14(9-28-32(21)24)25(33)30-18-5-6-20(18)34-2)15-10-31(22-16-11-35-12-17(16)22)23-13(15)4-3-7-27-23;1-24-20-11-18(16-13-29(9-10-32-2)21-14(16)5-4-8-25-21)27-22-15(12-26-30(20)22)23(31)28-17-6-7-19(17)33-3/h3*3-4,7-10,16-18,20,22,26H,5-6,11-12H2,1-2H3,(H,30,33);4-5,8,11-13,17,19,24H,6-7,9-10H2,1-3H3,(H,28,31)/t16-,17+,18?,20-,22?;2*16-,17+,18-,20-,22?;17?,19-/m0100/s1. The van der Waals surface area contributed by atoms with E-state index in [1.54, 1.807) is 84.6 Å². The zero-order valence-electron chi connectivity index (χ0n) is 77.8. The summed E-state index contributed by atoms with van der Waals surface area (Å²) in [6, 6.07) is 25.2. The van der Waals surface area contributed by atoms with E-state index in [0.717, 1.165) is 203 Å². The third kappa shape index (κ3) is 15.3. The molecule has 0 spiro atoms. The Kier molecular flexibility index (Phi) is 23.1. The van der Waals surface area contributed by atoms with Crippen molar-refractivity contribution >= 4 is 114 Å². The zero-order valence-corrected chi connectivity index (χ0v) is 77.8. The summed E-state index contributed by atoms with van der Waals surface area (Å²) >= 11 is 0. The average molecular weight is 1870 g/mol. The predicted molar refractivity (Wildman–Crippen MR) is 513 cm³/mol. The molecule has 16 aromatic heterocycles. The van der Waals surface area contributed by atoms with E-state index in [1.807, 2.05) is 108 Å². The number of carbonyl (C=O) groups excluding carboxylic acids is 4. The average Bonchev–Trinajstić information content (AvgIpc) is 1.56. The lowest BCUT2D eigenvalue weighted by Crippen LogP contribution is -2.51. The summed E-state index contributed by atoms with van der Waals surface area (Å²) in [6.45, 7) is 6.11. The molecule has 10 fully saturated rings. The molecule has 4 amide bonds. The van der Waals surface area contributed by atoms with Gasteiger partial charge < -0.3 is 98.7 Å². The summed E-state index contributed by atoms with van der Waals surface area (Å²) in [7, 11) is 15.7. The third-order valence-electron chi connectivity index (χ3n) is 29.9. The maximum absolute atomic E-state index is 13.2. The van der Waals surface area contributed by atoms with Crippen molar-refractivity contribution in [1.29, 1.82) is 0 Å². The number of ether oxygens (including phenoxy) is 8. The maximum Gasteiger partial charge on any atom is 0.257 e. The van der Waals surface area contributed by atoms with Crippen molar-refractivity contribution in [3.63, 3.8) is 0 Å². The highest BCUT2D eigenvalue weighted by Crippen LogP contribution is 2.59. The summed E-state index contributed by atoms with van der Waals surface area (Å²) in [6.07, 6.45) is 29.8. The fraction of sp³-hybridized carbons (Fsp3) is 0.429. The zero-order chi connectivity index (χ0) is 94.0. The molecule has 7 aliphatic carbocycles. The summed E-state index contributed by atoms with van der Waals surface area (Å²) in [4.78, 5) is 90.9. The Hall–Kier alpha value is -14.0. The normalized spacial score (nSPS) is 24.9. The molecular formula is C98H108N28O12. The Morgan fingerprint density at radius 2 is 0.609 bits per heavy atom. The Balaban J connectivity index is 0.000000103. The van der Waals surface area contributed by atoms with Crippen LogP contribution in [0.1, 0.15) is 111 Å². The van der Waals surface area contributed by atoms with Crippen molar-refractivity contribution in [3.8, 4) is 45.0 Å². The van der Waals surface area contributed by atoms with Crippen LogP contribution in [0.5, 0.6) is 0 Å². The van der Waals surface area contributed by atoms with E-state index in [4.69, 9.17) is 72.8 Å². The molecule has 40 heteroatoms. The SMILES string of the molecule is CNc1cc(-c2cn(C3[C@H]4COC[C@@H]34)c3ncccc23)nc2c(C(=O)NC3CC[C@@H]3OC)cnn12.CNc1cc(-c2cn(C3[C@H]4COC[C@@H]34)c3ncccc23)nc2c(C(=O)N[C@@H]3CC[C@H]3OC)cnn12.CNc1cc(-c2cn(C3[C@H]4COC[C@@H]34)c3ncccc23)nc2c(C(=O)N[C@H]3CC[C@@H]3OC)cnn12.CNc1cc(-c2cn(CCOC)c3ncccc23)nc2c(C(=O)NC3CC[C@@H]3OC)cnn12. The minimum atomic E-state index is -0.201. The molecule has 19 heterocycles. The molecule has 17 atom stereocenters. The number of methoxy groups -OCH3 is 5. The molecule has 8 N–H and O–H groups in total. The van der Waals surface area contributed by atoms with Crippen molar-refractivity contribution in [1.82, 2.24) is 118 Å². The smallest absolute Gasteiger partial charge is 0.257 e. The minimum absolute atomic E-state index is 0.00855. The van der Waals surface area contributed by atoms with Crippen LogP contribution in [0.25, 0.3) is 112 Å². The van der Waals surface area contributed by atoms with Crippen LogP contribution in [-0.4, -0.2) is 279 Å². The lowest BCUT2D eigenvalue weighted by atomic mass is 9.89. The van der Waals surface area contributed by atoms with Crippen LogP contribution in [-0.2, 0) is 44.4 Å². The summed E-state index contributed by atoms with van der Waals surface area (Å²) in [5.41, 5.74) is 14.5. The molecule has 0 bridgehead atoms. The summed E-state index contributed by atoms with van der Waals surface area (Å²) in [5.74, 6) is 5.54. The number of aromatic nitrogens is 20. The predicted octanol–water partition coefficient (Wildman–Crippen LogP) is 9.88. The largest absolute Gasteiger partial charge is 0.383 e. The van der Waals surface area contributed by atoms with Gasteiger partial charge in [-0.1, -0.05) is 0 Å². The first kappa shape index (κ1) is 88.0. The van der Waals surface area contributed by atoms with Crippen LogP contribution < -0.4 is 42.5 Å². The third-order valence-corrected chi connectivity index (χ3v) is 29.9. The van der Waals surface area contributed by atoms with Gasteiger partial charge >= 0.3 is 0 Å².